The Labute approximate surface area is 102 Å². The quantitative estimate of drug-likeness (QED) is 0.756. The van der Waals surface area contributed by atoms with E-state index in [-0.39, 0.29) is 0 Å². The fourth-order valence-electron chi connectivity index (χ4n) is 2.75. The molecule has 0 spiro atoms. The molecule has 0 radical (unpaired) electrons. The van der Waals surface area contributed by atoms with Gasteiger partial charge >= 0.3 is 0 Å². The third kappa shape index (κ3) is 4.86. The summed E-state index contributed by atoms with van der Waals surface area (Å²) in [5, 5.41) is 0. The van der Waals surface area contributed by atoms with Crippen molar-refractivity contribution in [2.45, 2.75) is 78.7 Å². The molecule has 0 aromatic heterocycles. The average molecular weight is 225 g/mol. The highest BCUT2D eigenvalue weighted by atomic mass is 14.6. The van der Waals surface area contributed by atoms with Crippen LogP contribution >= 0.6 is 0 Å². The third-order valence-electron chi connectivity index (χ3n) is 4.50. The molecule has 1 nitrogen and oxygen atoms in total. The van der Waals surface area contributed by atoms with Gasteiger partial charge in [-0.1, -0.05) is 59.8 Å². The van der Waals surface area contributed by atoms with Crippen molar-refractivity contribution in [1.29, 1.82) is 0 Å². The Kier molecular flexibility index (Phi) is 5.30. The number of hydrogen-bond donors (Lipinski definition) is 1. The molecule has 2 unspecified atom stereocenters. The van der Waals surface area contributed by atoms with Crippen molar-refractivity contribution in [3.8, 4) is 0 Å². The zero-order valence-corrected chi connectivity index (χ0v) is 11.8. The lowest BCUT2D eigenvalue weighted by Crippen LogP contribution is -2.30. The minimum atomic E-state index is 0.407. The van der Waals surface area contributed by atoms with Crippen LogP contribution in [0.2, 0.25) is 0 Å². The lowest BCUT2D eigenvalue weighted by atomic mass is 9.76. The van der Waals surface area contributed by atoms with Crippen LogP contribution in [-0.4, -0.2) is 6.04 Å². The van der Waals surface area contributed by atoms with Crippen molar-refractivity contribution in [2.24, 2.45) is 23.0 Å². The molecular weight excluding hydrogens is 194 g/mol. The second kappa shape index (κ2) is 6.05. The zero-order valence-electron chi connectivity index (χ0n) is 11.8. The first-order valence-corrected chi connectivity index (χ1v) is 7.15. The molecule has 0 aliphatic heterocycles. The molecule has 1 heteroatoms. The van der Waals surface area contributed by atoms with Gasteiger partial charge in [-0.2, -0.15) is 0 Å². The van der Waals surface area contributed by atoms with Crippen LogP contribution in [-0.2, 0) is 0 Å². The van der Waals surface area contributed by atoms with Crippen molar-refractivity contribution >= 4 is 0 Å². The van der Waals surface area contributed by atoms with Crippen LogP contribution in [0.15, 0.2) is 0 Å². The molecule has 16 heavy (non-hydrogen) atoms. The average Bonchev–Trinajstić information content (AvgIpc) is 2.17. The smallest absolute Gasteiger partial charge is 0.00442 e. The van der Waals surface area contributed by atoms with Crippen molar-refractivity contribution in [2.75, 3.05) is 0 Å². The molecule has 2 atom stereocenters. The number of rotatable bonds is 4. The normalized spacial score (nSPS) is 23.1. The first-order valence-electron chi connectivity index (χ1n) is 7.15. The van der Waals surface area contributed by atoms with E-state index in [2.05, 4.69) is 27.7 Å². The lowest BCUT2D eigenvalue weighted by molar-refractivity contribution is 0.216. The highest BCUT2D eigenvalue weighted by molar-refractivity contribution is 4.78. The van der Waals surface area contributed by atoms with Gasteiger partial charge in [-0.25, -0.2) is 0 Å². The Hall–Kier alpha value is -0.0400. The van der Waals surface area contributed by atoms with Gasteiger partial charge in [0.15, 0.2) is 0 Å². The summed E-state index contributed by atoms with van der Waals surface area (Å²) in [5.74, 6) is 1.65. The minimum absolute atomic E-state index is 0.407. The summed E-state index contributed by atoms with van der Waals surface area (Å²) in [6, 6.07) is 0.428. The Morgan fingerprint density at radius 3 is 2.19 bits per heavy atom. The summed E-state index contributed by atoms with van der Waals surface area (Å²) < 4.78 is 0. The van der Waals surface area contributed by atoms with E-state index < -0.39 is 0 Å². The molecule has 0 aromatic carbocycles. The maximum absolute atomic E-state index is 6.30. The largest absolute Gasteiger partial charge is 0.328 e. The number of nitrogens with two attached hydrogens (primary N) is 1. The predicted molar refractivity (Wildman–Crippen MR) is 72.4 cm³/mol. The lowest BCUT2D eigenvalue weighted by Gasteiger charge is -2.31. The molecule has 0 heterocycles. The van der Waals surface area contributed by atoms with E-state index in [1.54, 1.807) is 0 Å². The van der Waals surface area contributed by atoms with E-state index in [0.717, 1.165) is 11.8 Å². The van der Waals surface area contributed by atoms with Crippen molar-refractivity contribution in [3.05, 3.63) is 0 Å². The first-order chi connectivity index (χ1) is 7.39. The van der Waals surface area contributed by atoms with Gasteiger partial charge in [0.05, 0.1) is 0 Å². The van der Waals surface area contributed by atoms with E-state index in [1.807, 2.05) is 0 Å². The van der Waals surface area contributed by atoms with E-state index in [0.29, 0.717) is 11.5 Å². The molecule has 1 saturated carbocycles. The maximum Gasteiger partial charge on any atom is 0.00442 e. The molecule has 1 fully saturated rings. The van der Waals surface area contributed by atoms with Crippen LogP contribution in [0.25, 0.3) is 0 Å². The van der Waals surface area contributed by atoms with Crippen LogP contribution < -0.4 is 5.73 Å². The summed E-state index contributed by atoms with van der Waals surface area (Å²) in [7, 11) is 0. The molecule has 0 amide bonds. The number of hydrogen-bond acceptors (Lipinski definition) is 1. The summed E-state index contributed by atoms with van der Waals surface area (Å²) in [5.41, 5.74) is 6.71. The van der Waals surface area contributed by atoms with Gasteiger partial charge in [0.2, 0.25) is 0 Å². The second-order valence-corrected chi connectivity index (χ2v) is 7.00. The summed E-state index contributed by atoms with van der Waals surface area (Å²) in [6.45, 7) is 9.32. The third-order valence-corrected chi connectivity index (χ3v) is 4.50. The topological polar surface area (TPSA) is 26.0 Å². The molecule has 1 rings (SSSR count). The zero-order chi connectivity index (χ0) is 12.2. The Morgan fingerprint density at radius 2 is 1.69 bits per heavy atom. The van der Waals surface area contributed by atoms with Crippen LogP contribution in [0.4, 0.5) is 0 Å². The summed E-state index contributed by atoms with van der Waals surface area (Å²) in [4.78, 5) is 0. The Balaban J connectivity index is 2.26. The highest BCUT2D eigenvalue weighted by Gasteiger charge is 2.24. The molecular formula is C15H31N. The molecule has 0 aromatic rings. The monoisotopic (exact) mass is 225 g/mol. The second-order valence-electron chi connectivity index (χ2n) is 7.00. The van der Waals surface area contributed by atoms with E-state index >= 15 is 0 Å². The van der Waals surface area contributed by atoms with E-state index in [9.17, 15) is 0 Å². The summed E-state index contributed by atoms with van der Waals surface area (Å²) >= 11 is 0. The molecule has 2 N–H and O–H groups in total. The van der Waals surface area contributed by atoms with Crippen molar-refractivity contribution in [3.63, 3.8) is 0 Å². The van der Waals surface area contributed by atoms with Gasteiger partial charge in [0, 0.05) is 6.04 Å². The predicted octanol–water partition coefficient (Wildman–Crippen LogP) is 4.36. The highest BCUT2D eigenvalue weighted by Crippen LogP contribution is 2.32. The first kappa shape index (κ1) is 14.0. The Morgan fingerprint density at radius 1 is 1.12 bits per heavy atom. The fraction of sp³-hybridized carbons (Fsp3) is 1.00. The standard InChI is InChI=1S/C15H31N/c1-12(15(2,3)4)10-14(16)11-13-8-6-5-7-9-13/h12-14H,5-11,16H2,1-4H3. The van der Waals surface area contributed by atoms with Gasteiger partial charge in [-0.3, -0.25) is 0 Å². The SMILES string of the molecule is CC(CC(N)CC1CCCCC1)C(C)(C)C. The van der Waals surface area contributed by atoms with Gasteiger partial charge in [0.1, 0.15) is 0 Å². The molecule has 0 bridgehead atoms. The molecule has 0 saturated heterocycles. The molecule has 96 valence electrons. The van der Waals surface area contributed by atoms with E-state index in [4.69, 9.17) is 5.73 Å². The Bertz CT molecular complexity index is 186. The fourth-order valence-corrected chi connectivity index (χ4v) is 2.75. The van der Waals surface area contributed by atoms with Gasteiger partial charge in [-0.15, -0.1) is 0 Å². The van der Waals surface area contributed by atoms with E-state index in [1.165, 1.54) is 44.9 Å². The molecule has 1 aliphatic carbocycles. The van der Waals surface area contributed by atoms with Gasteiger partial charge in [0.25, 0.3) is 0 Å². The van der Waals surface area contributed by atoms with Gasteiger partial charge in [-0.05, 0) is 30.1 Å². The molecule has 1 aliphatic rings. The van der Waals surface area contributed by atoms with Crippen LogP contribution in [0.1, 0.15) is 72.6 Å². The van der Waals surface area contributed by atoms with Crippen LogP contribution in [0.3, 0.4) is 0 Å². The van der Waals surface area contributed by atoms with Crippen LogP contribution in [0, 0.1) is 17.3 Å². The van der Waals surface area contributed by atoms with Crippen molar-refractivity contribution < 1.29 is 0 Å². The van der Waals surface area contributed by atoms with Crippen molar-refractivity contribution in [1.82, 2.24) is 0 Å². The van der Waals surface area contributed by atoms with Crippen LogP contribution in [0.5, 0.6) is 0 Å². The van der Waals surface area contributed by atoms with Gasteiger partial charge < -0.3 is 5.73 Å². The maximum atomic E-state index is 6.30. The summed E-state index contributed by atoms with van der Waals surface area (Å²) in [6.07, 6.45) is 9.64. The minimum Gasteiger partial charge on any atom is -0.328 e.